The maximum atomic E-state index is 13.0. The van der Waals surface area contributed by atoms with Crippen LogP contribution in [0.5, 0.6) is 0 Å². The van der Waals surface area contributed by atoms with Crippen LogP contribution in [0.25, 0.3) is 0 Å². The number of rotatable bonds is 1. The number of halogens is 5. The predicted molar refractivity (Wildman–Crippen MR) is 44.9 cm³/mol. The fraction of sp³-hybridized carbons (Fsp3) is 0.222. The van der Waals surface area contributed by atoms with Gasteiger partial charge in [-0.05, 0) is 12.1 Å². The van der Waals surface area contributed by atoms with Crippen LogP contribution in [0.4, 0.5) is 22.0 Å². The Morgan fingerprint density at radius 3 is 1.93 bits per heavy atom. The van der Waals surface area contributed by atoms with Crippen LogP contribution in [0.3, 0.4) is 0 Å². The second-order valence-electron chi connectivity index (χ2n) is 2.67. The molecule has 0 fully saturated rings. The number of hydrogen-bond acceptors (Lipinski definition) is 1. The van der Waals surface area contributed by atoms with Crippen molar-refractivity contribution in [1.29, 1.82) is 0 Å². The lowest BCUT2D eigenvalue weighted by atomic mass is 10.1. The summed E-state index contributed by atoms with van der Waals surface area (Å²) in [6.45, 7) is 0. The van der Waals surface area contributed by atoms with Gasteiger partial charge in [0.1, 0.15) is 11.6 Å². The first-order valence-electron chi connectivity index (χ1n) is 3.86. The predicted octanol–water partition coefficient (Wildman–Crippen LogP) is 2.95. The molecule has 82 valence electrons. The quantitative estimate of drug-likeness (QED) is 0.512. The van der Waals surface area contributed by atoms with Gasteiger partial charge in [-0.3, -0.25) is 4.99 Å². The van der Waals surface area contributed by atoms with Crippen molar-refractivity contribution >= 4 is 5.71 Å². The zero-order chi connectivity index (χ0) is 11.6. The van der Waals surface area contributed by atoms with E-state index >= 15 is 0 Å². The molecule has 0 N–H and O–H groups in total. The lowest BCUT2D eigenvalue weighted by Gasteiger charge is -2.11. The first-order chi connectivity index (χ1) is 6.88. The topological polar surface area (TPSA) is 12.4 Å². The molecule has 0 saturated carbocycles. The first kappa shape index (κ1) is 11.6. The van der Waals surface area contributed by atoms with Gasteiger partial charge in [0.25, 0.3) is 0 Å². The molecule has 0 heterocycles. The van der Waals surface area contributed by atoms with Crippen LogP contribution in [-0.2, 0) is 0 Å². The van der Waals surface area contributed by atoms with Crippen LogP contribution < -0.4 is 0 Å². The zero-order valence-electron chi connectivity index (χ0n) is 7.57. The first-order valence-corrected chi connectivity index (χ1v) is 3.86. The van der Waals surface area contributed by atoms with Crippen molar-refractivity contribution in [3.05, 3.63) is 35.4 Å². The van der Waals surface area contributed by atoms with Gasteiger partial charge < -0.3 is 0 Å². The van der Waals surface area contributed by atoms with E-state index in [1.54, 1.807) is 0 Å². The molecule has 15 heavy (non-hydrogen) atoms. The molecule has 6 heteroatoms. The van der Waals surface area contributed by atoms with E-state index in [1.165, 1.54) is 0 Å². The lowest BCUT2D eigenvalue weighted by Crippen LogP contribution is -2.26. The third-order valence-corrected chi connectivity index (χ3v) is 1.69. The molecule has 1 rings (SSSR count). The molecule has 1 aromatic rings. The normalized spacial score (nSPS) is 13.1. The molecule has 0 bridgehead atoms. The number of hydrogen-bond donors (Lipinski definition) is 0. The highest BCUT2D eigenvalue weighted by Gasteiger charge is 2.39. The summed E-state index contributed by atoms with van der Waals surface area (Å²) in [6, 6.07) is 2.47. The Bertz CT molecular complexity index is 374. The van der Waals surface area contributed by atoms with Crippen molar-refractivity contribution in [2.75, 3.05) is 7.05 Å². The second-order valence-corrected chi connectivity index (χ2v) is 2.67. The average Bonchev–Trinajstić information content (AvgIpc) is 2.09. The largest absolute Gasteiger partial charge is 0.433 e. The maximum absolute atomic E-state index is 13.0. The van der Waals surface area contributed by atoms with Crippen LogP contribution in [0.1, 0.15) is 5.56 Å². The van der Waals surface area contributed by atoms with Crippen LogP contribution in [-0.4, -0.2) is 18.9 Å². The van der Waals surface area contributed by atoms with E-state index in [1.807, 2.05) is 0 Å². The molecule has 0 radical (unpaired) electrons. The Morgan fingerprint density at radius 1 is 1.13 bits per heavy atom. The summed E-state index contributed by atoms with van der Waals surface area (Å²) in [4.78, 5) is 2.86. The number of alkyl halides is 3. The molecule has 1 aromatic carbocycles. The van der Waals surface area contributed by atoms with Crippen molar-refractivity contribution in [3.8, 4) is 0 Å². The Labute approximate surface area is 82.2 Å². The Morgan fingerprint density at radius 2 is 1.60 bits per heavy atom. The fourth-order valence-electron chi connectivity index (χ4n) is 1.10. The summed E-state index contributed by atoms with van der Waals surface area (Å²) in [5.41, 5.74) is -2.70. The van der Waals surface area contributed by atoms with E-state index in [2.05, 4.69) is 4.99 Å². The van der Waals surface area contributed by atoms with Gasteiger partial charge >= 0.3 is 6.18 Å². The van der Waals surface area contributed by atoms with Gasteiger partial charge in [-0.25, -0.2) is 8.78 Å². The monoisotopic (exact) mass is 223 g/mol. The molecule has 0 spiro atoms. The average molecular weight is 223 g/mol. The molecule has 0 amide bonds. The maximum Gasteiger partial charge on any atom is 0.433 e. The van der Waals surface area contributed by atoms with Crippen LogP contribution in [0.2, 0.25) is 0 Å². The van der Waals surface area contributed by atoms with Gasteiger partial charge in [0.15, 0.2) is 5.71 Å². The summed E-state index contributed by atoms with van der Waals surface area (Å²) in [5, 5.41) is 0. The highest BCUT2D eigenvalue weighted by Crippen LogP contribution is 2.25. The van der Waals surface area contributed by atoms with E-state index < -0.39 is 29.1 Å². The van der Waals surface area contributed by atoms with E-state index in [9.17, 15) is 22.0 Å². The van der Waals surface area contributed by atoms with Crippen LogP contribution in [0, 0.1) is 11.6 Å². The molecule has 0 aliphatic heterocycles. The Balaban J connectivity index is 3.38. The van der Waals surface area contributed by atoms with Crippen molar-refractivity contribution in [2.24, 2.45) is 4.99 Å². The minimum Gasteiger partial charge on any atom is -0.283 e. The van der Waals surface area contributed by atoms with Crippen LogP contribution >= 0.6 is 0 Å². The van der Waals surface area contributed by atoms with Crippen molar-refractivity contribution in [3.63, 3.8) is 0 Å². The van der Waals surface area contributed by atoms with E-state index in [-0.39, 0.29) is 0 Å². The zero-order valence-corrected chi connectivity index (χ0v) is 7.57. The molecule has 0 aliphatic rings. The molecule has 0 aromatic heterocycles. The van der Waals surface area contributed by atoms with E-state index in [0.29, 0.717) is 0 Å². The summed E-state index contributed by atoms with van der Waals surface area (Å²) in [6.07, 6.45) is -4.88. The fourth-order valence-corrected chi connectivity index (χ4v) is 1.10. The molecular formula is C9H6F5N. The summed E-state index contributed by atoms with van der Waals surface area (Å²) in [5.74, 6) is -2.57. The highest BCUT2D eigenvalue weighted by atomic mass is 19.4. The summed E-state index contributed by atoms with van der Waals surface area (Å²) in [7, 11) is 0.828. The van der Waals surface area contributed by atoms with Gasteiger partial charge in [0.2, 0.25) is 0 Å². The molecule has 0 unspecified atom stereocenters. The smallest absolute Gasteiger partial charge is 0.283 e. The lowest BCUT2D eigenvalue weighted by molar-refractivity contribution is -0.0584. The van der Waals surface area contributed by atoms with Crippen molar-refractivity contribution in [1.82, 2.24) is 0 Å². The van der Waals surface area contributed by atoms with Crippen LogP contribution in [0.15, 0.2) is 23.2 Å². The third-order valence-electron chi connectivity index (χ3n) is 1.69. The molecule has 0 aliphatic carbocycles. The van der Waals surface area contributed by atoms with Gasteiger partial charge in [0.05, 0.1) is 5.56 Å². The second kappa shape index (κ2) is 3.96. The molecule has 1 nitrogen and oxygen atoms in total. The summed E-state index contributed by atoms with van der Waals surface area (Å²) >= 11 is 0. The minimum absolute atomic E-state index is 0.745. The minimum atomic E-state index is -4.88. The van der Waals surface area contributed by atoms with Crippen molar-refractivity contribution in [2.45, 2.75) is 6.18 Å². The third kappa shape index (κ3) is 2.31. The molecule has 0 atom stereocenters. The SMILES string of the molecule is CN=C(c1c(F)cccc1F)C(F)(F)F. The molecule has 0 saturated heterocycles. The number of benzene rings is 1. The van der Waals surface area contributed by atoms with Gasteiger partial charge in [-0.2, -0.15) is 13.2 Å². The van der Waals surface area contributed by atoms with E-state index in [4.69, 9.17) is 0 Å². The van der Waals surface area contributed by atoms with Gasteiger partial charge in [-0.1, -0.05) is 6.07 Å². The van der Waals surface area contributed by atoms with E-state index in [0.717, 1.165) is 25.2 Å². The van der Waals surface area contributed by atoms with Crippen molar-refractivity contribution < 1.29 is 22.0 Å². The summed E-state index contributed by atoms with van der Waals surface area (Å²) < 4.78 is 62.9. The molecular weight excluding hydrogens is 217 g/mol. The van der Waals surface area contributed by atoms with Gasteiger partial charge in [-0.15, -0.1) is 0 Å². The Kier molecular flexibility index (Phi) is 3.06. The van der Waals surface area contributed by atoms with Gasteiger partial charge in [0, 0.05) is 7.05 Å². The standard InChI is InChI=1S/C9H6F5N/c1-15-8(9(12,13)14)7-5(10)3-2-4-6(7)11/h2-4H,1H3. The number of nitrogens with zero attached hydrogens (tertiary/aromatic N) is 1. The highest BCUT2D eigenvalue weighted by molar-refractivity contribution is 6.04. The number of aliphatic imine (C=N–C) groups is 1. The Hall–Kier alpha value is -1.46.